The molecular weight excluding hydrogens is 338 g/mol. The number of nitrogens with zero attached hydrogens (tertiary/aromatic N) is 2. The summed E-state index contributed by atoms with van der Waals surface area (Å²) in [5, 5.41) is 5.93. The molecule has 1 aliphatic heterocycles. The van der Waals surface area contributed by atoms with Crippen LogP contribution in [0.5, 0.6) is 11.5 Å². The fourth-order valence-corrected chi connectivity index (χ4v) is 4.20. The maximum absolute atomic E-state index is 13.1. The molecule has 2 aromatic heterocycles. The Hall–Kier alpha value is -2.38. The van der Waals surface area contributed by atoms with E-state index in [2.05, 4.69) is 10.3 Å². The Morgan fingerprint density at radius 1 is 1.28 bits per heavy atom. The summed E-state index contributed by atoms with van der Waals surface area (Å²) in [7, 11) is 3.24. The van der Waals surface area contributed by atoms with Crippen LogP contribution in [0, 0.1) is 0 Å². The fourth-order valence-electron chi connectivity index (χ4n) is 3.30. The Morgan fingerprint density at radius 2 is 2.16 bits per heavy atom. The zero-order chi connectivity index (χ0) is 17.4. The van der Waals surface area contributed by atoms with Crippen molar-refractivity contribution in [3.63, 3.8) is 0 Å². The van der Waals surface area contributed by atoms with Crippen LogP contribution in [0.3, 0.4) is 0 Å². The number of benzene rings is 1. The molecule has 130 valence electrons. The summed E-state index contributed by atoms with van der Waals surface area (Å²) in [6.07, 6.45) is 2.62. The van der Waals surface area contributed by atoms with E-state index < -0.39 is 0 Å². The van der Waals surface area contributed by atoms with Gasteiger partial charge in [-0.05, 0) is 25.1 Å². The van der Waals surface area contributed by atoms with Gasteiger partial charge in [0.25, 0.3) is 5.56 Å². The lowest BCUT2D eigenvalue weighted by Crippen LogP contribution is -2.26. The van der Waals surface area contributed by atoms with E-state index in [1.54, 1.807) is 25.1 Å². The summed E-state index contributed by atoms with van der Waals surface area (Å²) in [5.41, 5.74) is 1.74. The van der Waals surface area contributed by atoms with Crippen molar-refractivity contribution in [2.24, 2.45) is 0 Å². The van der Waals surface area contributed by atoms with Gasteiger partial charge in [0, 0.05) is 29.1 Å². The fraction of sp³-hybridized carbons (Fsp3) is 0.333. The Balaban J connectivity index is 1.91. The van der Waals surface area contributed by atoms with Crippen molar-refractivity contribution in [2.75, 3.05) is 27.3 Å². The molecule has 3 heterocycles. The minimum Gasteiger partial charge on any atom is -0.497 e. The van der Waals surface area contributed by atoms with E-state index in [0.717, 1.165) is 35.5 Å². The van der Waals surface area contributed by atoms with Crippen molar-refractivity contribution in [3.05, 3.63) is 40.3 Å². The van der Waals surface area contributed by atoms with Gasteiger partial charge in [0.15, 0.2) is 0 Å². The first kappa shape index (κ1) is 16.1. The number of aromatic nitrogens is 2. The first-order valence-corrected chi connectivity index (χ1v) is 9.02. The number of hydrogen-bond acceptors (Lipinski definition) is 6. The van der Waals surface area contributed by atoms with E-state index in [0.29, 0.717) is 16.9 Å². The highest BCUT2D eigenvalue weighted by atomic mass is 32.1. The average Bonchev–Trinajstić information content (AvgIpc) is 3.31. The zero-order valence-electron chi connectivity index (χ0n) is 14.1. The first-order chi connectivity index (χ1) is 12.2. The second kappa shape index (κ2) is 6.50. The predicted molar refractivity (Wildman–Crippen MR) is 98.9 cm³/mol. The summed E-state index contributed by atoms with van der Waals surface area (Å²) in [5.74, 6) is 1.39. The van der Waals surface area contributed by atoms with Gasteiger partial charge in [-0.15, -0.1) is 11.3 Å². The molecule has 1 atom stereocenters. The third-order valence-corrected chi connectivity index (χ3v) is 5.53. The molecule has 25 heavy (non-hydrogen) atoms. The number of thiophene rings is 1. The van der Waals surface area contributed by atoms with Crippen molar-refractivity contribution >= 4 is 21.6 Å². The van der Waals surface area contributed by atoms with Crippen molar-refractivity contribution in [2.45, 2.75) is 12.5 Å². The second-order valence-electron chi connectivity index (χ2n) is 6.00. The molecule has 4 rings (SSSR count). The lowest BCUT2D eigenvalue weighted by Gasteiger charge is -2.13. The summed E-state index contributed by atoms with van der Waals surface area (Å²) >= 11 is 1.48. The topological polar surface area (TPSA) is 65.4 Å². The number of nitrogens with one attached hydrogen (secondary N) is 1. The molecule has 0 bridgehead atoms. The van der Waals surface area contributed by atoms with Crippen LogP contribution in [0.2, 0.25) is 0 Å². The summed E-state index contributed by atoms with van der Waals surface area (Å²) in [6, 6.07) is 5.79. The van der Waals surface area contributed by atoms with Crippen molar-refractivity contribution < 1.29 is 9.47 Å². The first-order valence-electron chi connectivity index (χ1n) is 8.14. The van der Waals surface area contributed by atoms with Crippen LogP contribution < -0.4 is 20.3 Å². The van der Waals surface area contributed by atoms with Crippen molar-refractivity contribution in [3.8, 4) is 22.6 Å². The molecule has 7 heteroatoms. The highest BCUT2D eigenvalue weighted by molar-refractivity contribution is 7.17. The summed E-state index contributed by atoms with van der Waals surface area (Å²) in [4.78, 5) is 18.4. The normalized spacial score (nSPS) is 17.1. The highest BCUT2D eigenvalue weighted by Gasteiger charge is 2.22. The molecule has 0 spiro atoms. The van der Waals surface area contributed by atoms with Gasteiger partial charge in [0.2, 0.25) is 0 Å². The molecule has 0 aliphatic carbocycles. The van der Waals surface area contributed by atoms with Gasteiger partial charge in [-0.25, -0.2) is 4.98 Å². The Labute approximate surface area is 149 Å². The molecule has 1 fully saturated rings. The number of methoxy groups -OCH3 is 2. The maximum atomic E-state index is 13.1. The van der Waals surface area contributed by atoms with Gasteiger partial charge < -0.3 is 14.8 Å². The standard InChI is InChI=1S/C18H19N3O3S/c1-23-12-3-4-13(15(7-12)24-2)14-9-25-17-16(14)18(22)21(10-20-17)11-5-6-19-8-11/h3-4,7,9-11,19H,5-6,8H2,1-2H3/t11-/m0/s1. The minimum atomic E-state index is 0.00724. The van der Waals surface area contributed by atoms with Crippen LogP contribution in [-0.4, -0.2) is 36.9 Å². The number of fused-ring (bicyclic) bond motifs is 1. The molecule has 0 unspecified atom stereocenters. The van der Waals surface area contributed by atoms with Crippen LogP contribution in [0.1, 0.15) is 12.5 Å². The third-order valence-electron chi connectivity index (χ3n) is 4.65. The van der Waals surface area contributed by atoms with Gasteiger partial charge in [0.1, 0.15) is 16.3 Å². The summed E-state index contributed by atoms with van der Waals surface area (Å²) in [6.45, 7) is 1.73. The van der Waals surface area contributed by atoms with Gasteiger partial charge in [-0.1, -0.05) is 0 Å². The molecule has 1 aromatic carbocycles. The van der Waals surface area contributed by atoms with Crippen LogP contribution in [-0.2, 0) is 0 Å². The molecule has 1 N–H and O–H groups in total. The quantitative estimate of drug-likeness (QED) is 0.778. The highest BCUT2D eigenvalue weighted by Crippen LogP contribution is 2.38. The van der Waals surface area contributed by atoms with E-state index in [1.807, 2.05) is 23.6 Å². The number of hydrogen-bond donors (Lipinski definition) is 1. The zero-order valence-corrected chi connectivity index (χ0v) is 14.9. The lowest BCUT2D eigenvalue weighted by molar-refractivity contribution is 0.395. The Morgan fingerprint density at radius 3 is 2.88 bits per heavy atom. The van der Waals surface area contributed by atoms with Crippen LogP contribution >= 0.6 is 11.3 Å². The third kappa shape index (κ3) is 2.69. The van der Waals surface area contributed by atoms with Crippen LogP contribution in [0.4, 0.5) is 0 Å². The van der Waals surface area contributed by atoms with Crippen molar-refractivity contribution in [1.29, 1.82) is 0 Å². The predicted octanol–water partition coefficient (Wildman–Crippen LogP) is 2.68. The van der Waals surface area contributed by atoms with E-state index in [1.165, 1.54) is 11.3 Å². The van der Waals surface area contributed by atoms with E-state index in [-0.39, 0.29) is 11.6 Å². The van der Waals surface area contributed by atoms with Crippen LogP contribution in [0.15, 0.2) is 34.7 Å². The molecule has 1 saturated heterocycles. The van der Waals surface area contributed by atoms with Gasteiger partial charge in [-0.3, -0.25) is 9.36 Å². The molecular formula is C18H19N3O3S. The van der Waals surface area contributed by atoms with Gasteiger partial charge in [-0.2, -0.15) is 0 Å². The Bertz CT molecular complexity index is 973. The van der Waals surface area contributed by atoms with Gasteiger partial charge >= 0.3 is 0 Å². The average molecular weight is 357 g/mol. The smallest absolute Gasteiger partial charge is 0.263 e. The number of rotatable bonds is 4. The second-order valence-corrected chi connectivity index (χ2v) is 6.86. The van der Waals surface area contributed by atoms with Crippen LogP contribution in [0.25, 0.3) is 21.3 Å². The molecule has 6 nitrogen and oxygen atoms in total. The monoisotopic (exact) mass is 357 g/mol. The summed E-state index contributed by atoms with van der Waals surface area (Å²) < 4.78 is 12.5. The Kier molecular flexibility index (Phi) is 4.19. The molecule has 1 aliphatic rings. The maximum Gasteiger partial charge on any atom is 0.263 e. The molecule has 3 aromatic rings. The molecule has 0 radical (unpaired) electrons. The van der Waals surface area contributed by atoms with E-state index in [9.17, 15) is 4.79 Å². The van der Waals surface area contributed by atoms with E-state index >= 15 is 0 Å². The molecule has 0 amide bonds. The SMILES string of the molecule is COc1ccc(-c2csc3ncn([C@H]4CCNC4)c(=O)c23)c(OC)c1. The molecule has 0 saturated carbocycles. The van der Waals surface area contributed by atoms with Gasteiger partial charge in [0.05, 0.1) is 32.0 Å². The van der Waals surface area contributed by atoms with E-state index in [4.69, 9.17) is 9.47 Å². The minimum absolute atomic E-state index is 0.00724. The van der Waals surface area contributed by atoms with Crippen molar-refractivity contribution in [1.82, 2.24) is 14.9 Å². The largest absolute Gasteiger partial charge is 0.497 e. The lowest BCUT2D eigenvalue weighted by atomic mass is 10.0. The number of ether oxygens (including phenoxy) is 2.